The molecule has 0 bridgehead atoms. The summed E-state index contributed by atoms with van der Waals surface area (Å²) in [5, 5.41) is 16.9. The van der Waals surface area contributed by atoms with E-state index in [1.54, 1.807) is 0 Å². The van der Waals surface area contributed by atoms with E-state index >= 15 is 0 Å². The second kappa shape index (κ2) is 6.71. The van der Waals surface area contributed by atoms with Crippen molar-refractivity contribution in [2.45, 2.75) is 44.6 Å². The van der Waals surface area contributed by atoms with E-state index in [2.05, 4.69) is 10.3 Å². The summed E-state index contributed by atoms with van der Waals surface area (Å²) in [4.78, 5) is 0. The van der Waals surface area contributed by atoms with E-state index in [4.69, 9.17) is 9.84 Å². The van der Waals surface area contributed by atoms with Crippen LogP contribution >= 0.6 is 0 Å². The molecular weight excluding hydrogens is 218 g/mol. The molecule has 0 spiro atoms. The van der Waals surface area contributed by atoms with Crippen LogP contribution < -0.4 is 0 Å². The molecule has 17 heavy (non-hydrogen) atoms. The first-order chi connectivity index (χ1) is 8.40. The molecule has 1 fully saturated rings. The van der Waals surface area contributed by atoms with Crippen LogP contribution in [0.2, 0.25) is 0 Å². The first-order valence-electron chi connectivity index (χ1n) is 6.49. The zero-order chi connectivity index (χ0) is 11.9. The number of rotatable bonds is 6. The van der Waals surface area contributed by atoms with Gasteiger partial charge in [0.25, 0.3) is 0 Å². The largest absolute Gasteiger partial charge is 0.394 e. The normalized spacial score (nSPS) is 17.5. The molecule has 1 aromatic heterocycles. The molecular formula is C12H21N3O2. The van der Waals surface area contributed by atoms with Crippen LogP contribution in [0.5, 0.6) is 0 Å². The minimum Gasteiger partial charge on any atom is -0.394 e. The highest BCUT2D eigenvalue weighted by molar-refractivity contribution is 5.02. The van der Waals surface area contributed by atoms with Crippen LogP contribution in [-0.2, 0) is 11.3 Å². The van der Waals surface area contributed by atoms with Crippen LogP contribution in [0.15, 0.2) is 6.20 Å². The van der Waals surface area contributed by atoms with E-state index < -0.39 is 0 Å². The number of nitrogens with zero attached hydrogens (tertiary/aromatic N) is 3. The van der Waals surface area contributed by atoms with Crippen molar-refractivity contribution in [3.8, 4) is 0 Å². The quantitative estimate of drug-likeness (QED) is 0.761. The molecule has 1 heterocycles. The second-order valence-electron chi connectivity index (χ2n) is 4.58. The molecule has 1 aliphatic rings. The lowest BCUT2D eigenvalue weighted by Crippen LogP contribution is -2.09. The summed E-state index contributed by atoms with van der Waals surface area (Å²) in [6.07, 6.45) is 8.53. The summed E-state index contributed by atoms with van der Waals surface area (Å²) in [5.41, 5.74) is 1.13. The Bertz CT molecular complexity index is 321. The topological polar surface area (TPSA) is 60.2 Å². The van der Waals surface area contributed by atoms with Crippen LogP contribution in [0.1, 0.15) is 43.7 Å². The number of ether oxygens (including phenoxy) is 1. The van der Waals surface area contributed by atoms with Crippen LogP contribution in [0, 0.1) is 0 Å². The monoisotopic (exact) mass is 239 g/mol. The molecule has 5 heteroatoms. The molecule has 0 radical (unpaired) electrons. The van der Waals surface area contributed by atoms with Crippen LogP contribution in [0.4, 0.5) is 0 Å². The first kappa shape index (κ1) is 12.5. The lowest BCUT2D eigenvalue weighted by molar-refractivity contribution is 0.0851. The van der Waals surface area contributed by atoms with Crippen LogP contribution in [-0.4, -0.2) is 39.9 Å². The Morgan fingerprint density at radius 2 is 2.12 bits per heavy atom. The third-order valence-electron chi connectivity index (χ3n) is 3.28. The van der Waals surface area contributed by atoms with Crippen molar-refractivity contribution in [1.29, 1.82) is 0 Å². The van der Waals surface area contributed by atoms with E-state index in [1.807, 2.05) is 10.9 Å². The molecule has 0 amide bonds. The predicted octanol–water partition coefficient (Wildman–Crippen LogP) is 1.33. The lowest BCUT2D eigenvalue weighted by Gasteiger charge is -2.18. The molecule has 5 nitrogen and oxygen atoms in total. The Hall–Kier alpha value is -0.940. The van der Waals surface area contributed by atoms with Crippen molar-refractivity contribution < 1.29 is 9.84 Å². The molecule has 0 saturated heterocycles. The Balaban J connectivity index is 1.78. The van der Waals surface area contributed by atoms with Gasteiger partial charge < -0.3 is 9.84 Å². The van der Waals surface area contributed by atoms with Gasteiger partial charge in [-0.25, -0.2) is 4.68 Å². The van der Waals surface area contributed by atoms with Crippen molar-refractivity contribution in [1.82, 2.24) is 15.0 Å². The van der Waals surface area contributed by atoms with Gasteiger partial charge in [-0.15, -0.1) is 5.10 Å². The molecule has 0 unspecified atom stereocenters. The molecule has 0 atom stereocenters. The first-order valence-corrected chi connectivity index (χ1v) is 6.49. The van der Waals surface area contributed by atoms with Crippen molar-refractivity contribution in [3.05, 3.63) is 11.9 Å². The summed E-state index contributed by atoms with van der Waals surface area (Å²) in [6.45, 7) is 1.75. The van der Waals surface area contributed by atoms with Gasteiger partial charge in [0.05, 0.1) is 32.1 Å². The summed E-state index contributed by atoms with van der Waals surface area (Å²) >= 11 is 0. The Kier molecular flexibility index (Phi) is 4.94. The Labute approximate surface area is 102 Å². The average molecular weight is 239 g/mol. The summed E-state index contributed by atoms with van der Waals surface area (Å²) in [6, 6.07) is 0. The van der Waals surface area contributed by atoms with Crippen molar-refractivity contribution in [2.24, 2.45) is 0 Å². The van der Waals surface area contributed by atoms with E-state index in [-0.39, 0.29) is 6.61 Å². The van der Waals surface area contributed by atoms with Crippen LogP contribution in [0.3, 0.4) is 0 Å². The van der Waals surface area contributed by atoms with Gasteiger partial charge in [-0.3, -0.25) is 0 Å². The fourth-order valence-electron chi connectivity index (χ4n) is 2.33. The average Bonchev–Trinajstić information content (AvgIpc) is 2.85. The Morgan fingerprint density at radius 3 is 2.88 bits per heavy atom. The minimum atomic E-state index is 0.0741. The van der Waals surface area contributed by atoms with Gasteiger partial charge in [-0.05, 0) is 12.8 Å². The molecule has 2 rings (SSSR count). The molecule has 0 aromatic carbocycles. The molecule has 0 aliphatic heterocycles. The minimum absolute atomic E-state index is 0.0741. The smallest absolute Gasteiger partial charge is 0.0857 e. The summed E-state index contributed by atoms with van der Waals surface area (Å²) in [7, 11) is 0. The standard InChI is InChI=1S/C12H21N3O2/c16-7-9-17-8-6-15-10-12(13-14-15)11-4-2-1-3-5-11/h10-11,16H,1-9H2. The van der Waals surface area contributed by atoms with Gasteiger partial charge in [0.15, 0.2) is 0 Å². The number of aliphatic hydroxyl groups excluding tert-OH is 1. The van der Waals surface area contributed by atoms with Gasteiger partial charge in [0.2, 0.25) is 0 Å². The molecule has 96 valence electrons. The fraction of sp³-hybridized carbons (Fsp3) is 0.833. The van der Waals surface area contributed by atoms with E-state index in [0.717, 1.165) is 5.69 Å². The summed E-state index contributed by atoms with van der Waals surface area (Å²) in [5.74, 6) is 0.607. The third kappa shape index (κ3) is 3.78. The number of aromatic nitrogens is 3. The lowest BCUT2D eigenvalue weighted by atomic mass is 9.87. The number of hydrogen-bond acceptors (Lipinski definition) is 4. The second-order valence-corrected chi connectivity index (χ2v) is 4.58. The van der Waals surface area contributed by atoms with Crippen molar-refractivity contribution >= 4 is 0 Å². The molecule has 1 aromatic rings. The highest BCUT2D eigenvalue weighted by Crippen LogP contribution is 2.30. The molecule has 1 N–H and O–H groups in total. The summed E-state index contributed by atoms with van der Waals surface area (Å²) < 4.78 is 7.04. The fourth-order valence-corrected chi connectivity index (χ4v) is 2.33. The number of aliphatic hydroxyl groups is 1. The SMILES string of the molecule is OCCOCCn1cc(C2CCCCC2)nn1. The predicted molar refractivity (Wildman–Crippen MR) is 63.8 cm³/mol. The maximum atomic E-state index is 8.58. The van der Waals surface area contributed by atoms with Crippen LogP contribution in [0.25, 0.3) is 0 Å². The van der Waals surface area contributed by atoms with E-state index in [9.17, 15) is 0 Å². The van der Waals surface area contributed by atoms with Gasteiger partial charge in [-0.1, -0.05) is 24.5 Å². The zero-order valence-electron chi connectivity index (χ0n) is 10.2. The highest BCUT2D eigenvalue weighted by Gasteiger charge is 2.18. The van der Waals surface area contributed by atoms with Crippen molar-refractivity contribution in [2.75, 3.05) is 19.8 Å². The Morgan fingerprint density at radius 1 is 1.29 bits per heavy atom. The van der Waals surface area contributed by atoms with Gasteiger partial charge in [-0.2, -0.15) is 0 Å². The highest BCUT2D eigenvalue weighted by atomic mass is 16.5. The zero-order valence-corrected chi connectivity index (χ0v) is 10.2. The van der Waals surface area contributed by atoms with E-state index in [1.165, 1.54) is 32.1 Å². The van der Waals surface area contributed by atoms with Gasteiger partial charge in [0.1, 0.15) is 0 Å². The van der Waals surface area contributed by atoms with E-state index in [0.29, 0.717) is 25.7 Å². The van der Waals surface area contributed by atoms with Gasteiger partial charge >= 0.3 is 0 Å². The van der Waals surface area contributed by atoms with Crippen molar-refractivity contribution in [3.63, 3.8) is 0 Å². The van der Waals surface area contributed by atoms with Gasteiger partial charge in [0, 0.05) is 12.1 Å². The molecule has 1 saturated carbocycles. The third-order valence-corrected chi connectivity index (χ3v) is 3.28. The number of hydrogen-bond donors (Lipinski definition) is 1. The molecule has 1 aliphatic carbocycles. The maximum Gasteiger partial charge on any atom is 0.0857 e. The maximum absolute atomic E-state index is 8.58.